The molecule has 0 spiro atoms. The number of carboxylic acid groups (broad SMARTS) is 1. The number of ketones is 1. The average molecular weight is 622 g/mol. The third-order valence-corrected chi connectivity index (χ3v) is 3.40. The van der Waals surface area contributed by atoms with Crippen LogP contribution in [0.1, 0.15) is 78.1 Å². The van der Waals surface area contributed by atoms with Crippen molar-refractivity contribution in [3.63, 3.8) is 0 Å². The molecule has 39 heavy (non-hydrogen) atoms. The first kappa shape index (κ1) is 52.8. The molecule has 0 bridgehead atoms. The van der Waals surface area contributed by atoms with Gasteiger partial charge in [-0.1, -0.05) is 14.9 Å². The van der Waals surface area contributed by atoms with E-state index in [-0.39, 0.29) is 86.6 Å². The van der Waals surface area contributed by atoms with Crippen molar-refractivity contribution >= 4 is 23.7 Å². The van der Waals surface area contributed by atoms with Gasteiger partial charge >= 0.3 is 63.3 Å². The van der Waals surface area contributed by atoms with E-state index in [1.165, 1.54) is 20.8 Å². The molecular formula is C24H41N2NaO11Zn. The quantitative estimate of drug-likeness (QED) is 0.134. The number of aromatic nitrogens is 1. The molecule has 0 saturated carbocycles. The molecule has 0 saturated heterocycles. The van der Waals surface area contributed by atoms with Crippen molar-refractivity contribution in [2.75, 3.05) is 13.2 Å². The maximum atomic E-state index is 11.2. The number of nitrogens with zero attached hydrogens (tertiary/aromatic N) is 1. The predicted molar refractivity (Wildman–Crippen MR) is 136 cm³/mol. The van der Waals surface area contributed by atoms with Crippen LogP contribution in [-0.4, -0.2) is 52.1 Å². The summed E-state index contributed by atoms with van der Waals surface area (Å²) in [6, 6.07) is 1.80. The summed E-state index contributed by atoms with van der Waals surface area (Å²) < 4.78 is 17.6. The number of aliphatic hydroxyl groups is 1. The van der Waals surface area contributed by atoms with Crippen LogP contribution in [0.25, 0.3) is 0 Å². The van der Waals surface area contributed by atoms with E-state index >= 15 is 0 Å². The number of aliphatic carboxylic acids is 1. The van der Waals surface area contributed by atoms with Gasteiger partial charge in [-0.25, -0.2) is 9.59 Å². The number of aryl methyl sites for hydroxylation is 2. The van der Waals surface area contributed by atoms with Gasteiger partial charge in [0, 0.05) is 12.6 Å². The second-order valence-electron chi connectivity index (χ2n) is 6.33. The summed E-state index contributed by atoms with van der Waals surface area (Å²) in [6.07, 6.45) is 0.558. The molecule has 1 heterocycles. The van der Waals surface area contributed by atoms with Crippen molar-refractivity contribution in [1.82, 2.24) is 4.98 Å². The van der Waals surface area contributed by atoms with Gasteiger partial charge in [-0.2, -0.15) is 0 Å². The van der Waals surface area contributed by atoms with Crippen molar-refractivity contribution in [3.8, 4) is 0 Å². The summed E-state index contributed by atoms with van der Waals surface area (Å²) in [5, 5.41) is 28.1. The number of aromatic amines is 1. The zero-order valence-electron chi connectivity index (χ0n) is 22.8. The SMILES string of the molecule is C.C.CC(=O)C(C)=C[O-].CC(=O)O.CCOC(=O)C(N=O)=C(C)O.CCOC(=O)c1cc(C)c(C)[nH]1.[Na+].[O]=[Zn]. The Morgan fingerprint density at radius 3 is 1.62 bits per heavy atom. The van der Waals surface area contributed by atoms with E-state index in [1.807, 2.05) is 13.8 Å². The van der Waals surface area contributed by atoms with E-state index in [4.69, 9.17) is 23.3 Å². The van der Waals surface area contributed by atoms with E-state index in [2.05, 4.69) is 14.9 Å². The van der Waals surface area contributed by atoms with Gasteiger partial charge in [0.25, 0.3) is 5.97 Å². The molecule has 0 aliphatic carbocycles. The van der Waals surface area contributed by atoms with E-state index in [0.717, 1.165) is 18.2 Å². The number of carbonyl (C=O) groups excluding carboxylic acids is 3. The van der Waals surface area contributed by atoms with Gasteiger partial charge in [0.05, 0.1) is 13.2 Å². The molecule has 0 aliphatic rings. The van der Waals surface area contributed by atoms with Crippen molar-refractivity contribution in [1.29, 1.82) is 0 Å². The minimum absolute atomic E-state index is 0. The number of rotatable bonds is 6. The summed E-state index contributed by atoms with van der Waals surface area (Å²) >= 11 is 0.125. The normalized spacial score (nSPS) is 9.23. The van der Waals surface area contributed by atoms with E-state index in [0.29, 0.717) is 18.6 Å². The van der Waals surface area contributed by atoms with Gasteiger partial charge in [-0.05, 0) is 70.8 Å². The molecular weight excluding hydrogens is 581 g/mol. The number of carboxylic acids is 1. The van der Waals surface area contributed by atoms with Crippen molar-refractivity contribution in [2.45, 2.75) is 70.2 Å². The average Bonchev–Trinajstić information content (AvgIpc) is 3.14. The molecule has 15 heteroatoms. The number of nitrogens with one attached hydrogen (secondary N) is 1. The van der Waals surface area contributed by atoms with Crippen LogP contribution < -0.4 is 34.7 Å². The second kappa shape index (κ2) is 33.5. The van der Waals surface area contributed by atoms with Crippen molar-refractivity contribution in [3.05, 3.63) is 51.2 Å². The number of Topliss-reactive ketones (excluding diaryl/α,β-unsaturated/α-hetero) is 1. The van der Waals surface area contributed by atoms with Crippen LogP contribution in [0, 0.1) is 18.8 Å². The molecule has 3 N–H and O–H groups in total. The first-order valence-electron chi connectivity index (χ1n) is 10.2. The Morgan fingerprint density at radius 1 is 1.00 bits per heavy atom. The van der Waals surface area contributed by atoms with Crippen LogP contribution >= 0.6 is 0 Å². The number of allylic oxidation sites excluding steroid dienone is 2. The topological polar surface area (TPSA) is 213 Å². The Labute approximate surface area is 262 Å². The van der Waals surface area contributed by atoms with E-state index in [1.54, 1.807) is 19.9 Å². The third kappa shape index (κ3) is 31.6. The van der Waals surface area contributed by atoms with Gasteiger partial charge in [0.1, 0.15) is 11.5 Å². The number of carbonyl (C=O) groups is 4. The molecule has 0 amide bonds. The number of nitroso groups, excluding NO2 is 1. The third-order valence-electron chi connectivity index (χ3n) is 3.40. The molecule has 0 fully saturated rings. The van der Waals surface area contributed by atoms with Crippen molar-refractivity contribution < 1.29 is 95.4 Å². The molecule has 1 aromatic heterocycles. The summed E-state index contributed by atoms with van der Waals surface area (Å²) in [7, 11) is 0. The Bertz CT molecular complexity index is 886. The Kier molecular flexibility index (Phi) is 45.4. The van der Waals surface area contributed by atoms with Gasteiger partial charge in [-0.15, -0.1) is 11.2 Å². The summed E-state index contributed by atoms with van der Waals surface area (Å²) in [5.74, 6) is -2.61. The van der Waals surface area contributed by atoms with Crippen LogP contribution in [0.2, 0.25) is 0 Å². The van der Waals surface area contributed by atoms with Crippen LogP contribution in [0.4, 0.5) is 0 Å². The first-order chi connectivity index (χ1) is 16.7. The number of esters is 2. The second-order valence-corrected chi connectivity index (χ2v) is 6.33. The monoisotopic (exact) mass is 620 g/mol. The molecule has 0 unspecified atom stereocenters. The molecule has 216 valence electrons. The number of ether oxygens (including phenoxy) is 2. The van der Waals surface area contributed by atoms with E-state index in [9.17, 15) is 24.4 Å². The molecule has 0 radical (unpaired) electrons. The van der Waals surface area contributed by atoms with Gasteiger partial charge in [0.15, 0.2) is 5.78 Å². The Balaban J connectivity index is -0.0000000705. The zero-order valence-corrected chi connectivity index (χ0v) is 27.8. The number of H-pyrrole nitrogens is 1. The number of hydrogen-bond donors (Lipinski definition) is 3. The standard InChI is InChI=1S/C9H13NO2.C6H9NO4.C5H8O2.C2H4O2.2CH4.Na.O.Zn/c1-4-12-9(11)8-5-6(2)7(3)10-8;1-3-11-6(9)5(7-10)4(2)8;1-4(3-6)5(2)7;1-2(3)4;;;;;/h5,10H,4H2,1-3H3;8H,3H2,1-2H3;3,6H,1-2H3;1H3,(H,3,4);2*1H4;;;/q;;;;;;+1;;/p-1. The predicted octanol–water partition coefficient (Wildman–Crippen LogP) is 0.999. The molecule has 0 aromatic carbocycles. The van der Waals surface area contributed by atoms with Crippen LogP contribution in [0.3, 0.4) is 0 Å². The van der Waals surface area contributed by atoms with Crippen LogP contribution in [0.5, 0.6) is 0 Å². The summed E-state index contributed by atoms with van der Waals surface area (Å²) in [6.45, 7) is 13.0. The van der Waals surface area contributed by atoms with Gasteiger partial charge in [0.2, 0.25) is 5.70 Å². The number of hydrogen-bond acceptors (Lipinski definition) is 11. The van der Waals surface area contributed by atoms with E-state index < -0.39 is 23.4 Å². The molecule has 0 aliphatic heterocycles. The fourth-order valence-corrected chi connectivity index (χ4v) is 1.51. The number of aliphatic hydroxyl groups excluding tert-OH is 1. The Hall–Kier alpha value is -2.54. The molecule has 13 nitrogen and oxygen atoms in total. The maximum absolute atomic E-state index is 11.2. The molecule has 1 rings (SSSR count). The zero-order chi connectivity index (χ0) is 29.4. The fourth-order valence-electron chi connectivity index (χ4n) is 1.51. The summed E-state index contributed by atoms with van der Waals surface area (Å²) in [5.41, 5.74) is 2.33. The van der Waals surface area contributed by atoms with Gasteiger partial charge in [-0.3, -0.25) is 9.59 Å². The molecule has 0 atom stereocenters. The summed E-state index contributed by atoms with van der Waals surface area (Å²) in [4.78, 5) is 53.8. The minimum atomic E-state index is -0.900. The fraction of sp³-hybridized carbons (Fsp3) is 0.500. The molecule has 1 aromatic rings. The Morgan fingerprint density at radius 2 is 1.41 bits per heavy atom. The van der Waals surface area contributed by atoms with Crippen molar-refractivity contribution in [2.24, 2.45) is 5.18 Å². The van der Waals surface area contributed by atoms with Crippen LogP contribution in [-0.2, 0) is 45.7 Å². The van der Waals surface area contributed by atoms with Crippen LogP contribution in [0.15, 0.2) is 34.5 Å². The van der Waals surface area contributed by atoms with Gasteiger partial charge < -0.3 is 29.8 Å². The first-order valence-corrected chi connectivity index (χ1v) is 11.4.